The number of guanidine groups is 1. The molecular weight excluding hydrogens is 204 g/mol. The molecule has 0 atom stereocenters. The Labute approximate surface area is 94.3 Å². The minimum Gasteiger partial charge on any atom is -0.494 e. The number of rotatable bonds is 2. The molecule has 1 heterocycles. The van der Waals surface area contributed by atoms with E-state index in [-0.39, 0.29) is 0 Å². The third-order valence-corrected chi connectivity index (χ3v) is 2.30. The summed E-state index contributed by atoms with van der Waals surface area (Å²) < 4.78 is 5.28. The number of methoxy groups -OCH3 is 1. The van der Waals surface area contributed by atoms with Gasteiger partial charge < -0.3 is 10.1 Å². The predicted molar refractivity (Wildman–Crippen MR) is 62.6 cm³/mol. The van der Waals surface area contributed by atoms with Crippen LogP contribution in [0.25, 0.3) is 0 Å². The van der Waals surface area contributed by atoms with E-state index in [1.807, 2.05) is 25.1 Å². The van der Waals surface area contributed by atoms with E-state index in [0.717, 1.165) is 30.1 Å². The number of hydrogen-bond acceptors (Lipinski definition) is 5. The van der Waals surface area contributed by atoms with E-state index in [0.29, 0.717) is 5.96 Å². The summed E-state index contributed by atoms with van der Waals surface area (Å²) in [5.41, 5.74) is 1.76. The highest BCUT2D eigenvalue weighted by molar-refractivity contribution is 5.81. The molecule has 0 radical (unpaired) electrons. The molecule has 16 heavy (non-hydrogen) atoms. The predicted octanol–water partition coefficient (Wildman–Crippen LogP) is 2.05. The number of para-hydroxylation sites is 1. The van der Waals surface area contributed by atoms with Crippen LogP contribution in [0.1, 0.15) is 5.56 Å². The normalized spacial score (nSPS) is 15.0. The quantitative estimate of drug-likeness (QED) is 0.772. The topological polar surface area (TPSA) is 58.3 Å². The number of azo groups is 1. The summed E-state index contributed by atoms with van der Waals surface area (Å²) in [6.07, 6.45) is 0. The smallest absolute Gasteiger partial charge is 0.238 e. The van der Waals surface area contributed by atoms with Gasteiger partial charge in [-0.15, -0.1) is 10.2 Å². The number of aliphatic imine (C=N–C) groups is 1. The molecule has 0 aliphatic carbocycles. The second-order valence-corrected chi connectivity index (χ2v) is 3.46. The lowest BCUT2D eigenvalue weighted by Gasteiger charge is -2.06. The Kier molecular flexibility index (Phi) is 3.14. The van der Waals surface area contributed by atoms with Crippen molar-refractivity contribution >= 4 is 11.6 Å². The Morgan fingerprint density at radius 1 is 1.38 bits per heavy atom. The molecule has 84 valence electrons. The van der Waals surface area contributed by atoms with Gasteiger partial charge in [0.25, 0.3) is 0 Å². The zero-order chi connectivity index (χ0) is 11.4. The van der Waals surface area contributed by atoms with Crippen molar-refractivity contribution in [1.82, 2.24) is 5.32 Å². The Morgan fingerprint density at radius 3 is 2.94 bits per heavy atom. The second kappa shape index (κ2) is 4.74. The van der Waals surface area contributed by atoms with Gasteiger partial charge in [0.1, 0.15) is 11.4 Å². The van der Waals surface area contributed by atoms with E-state index in [4.69, 9.17) is 4.74 Å². The minimum atomic E-state index is 0.587. The molecule has 1 aliphatic rings. The monoisotopic (exact) mass is 218 g/mol. The molecule has 5 nitrogen and oxygen atoms in total. The first kappa shape index (κ1) is 10.6. The van der Waals surface area contributed by atoms with Gasteiger partial charge in [-0.05, 0) is 18.6 Å². The van der Waals surface area contributed by atoms with E-state index in [2.05, 4.69) is 20.5 Å². The van der Waals surface area contributed by atoms with E-state index >= 15 is 0 Å². The fourth-order valence-corrected chi connectivity index (χ4v) is 1.53. The molecule has 0 amide bonds. The van der Waals surface area contributed by atoms with Gasteiger partial charge in [0.15, 0.2) is 0 Å². The largest absolute Gasteiger partial charge is 0.494 e. The average Bonchev–Trinajstić information content (AvgIpc) is 2.79. The van der Waals surface area contributed by atoms with Gasteiger partial charge in [-0.1, -0.05) is 12.1 Å². The van der Waals surface area contributed by atoms with E-state index in [9.17, 15) is 0 Å². The van der Waals surface area contributed by atoms with Crippen molar-refractivity contribution in [3.8, 4) is 5.75 Å². The number of hydrogen-bond donors (Lipinski definition) is 1. The standard InChI is InChI=1S/C11H14N4O/c1-8-4-3-5-9(10(8)16-2)14-15-11-12-6-7-13-11/h3-5H,6-7H2,1-2H3,(H,12,13). The van der Waals surface area contributed by atoms with Crippen molar-refractivity contribution in [2.24, 2.45) is 15.2 Å². The lowest BCUT2D eigenvalue weighted by Crippen LogP contribution is -2.15. The van der Waals surface area contributed by atoms with Crippen LogP contribution in [-0.2, 0) is 0 Å². The van der Waals surface area contributed by atoms with Crippen molar-refractivity contribution < 1.29 is 4.74 Å². The summed E-state index contributed by atoms with van der Waals surface area (Å²) in [6, 6.07) is 5.77. The number of aryl methyl sites for hydroxylation is 1. The Balaban J connectivity index is 2.23. The van der Waals surface area contributed by atoms with Crippen molar-refractivity contribution in [1.29, 1.82) is 0 Å². The lowest BCUT2D eigenvalue weighted by molar-refractivity contribution is 0.413. The zero-order valence-electron chi connectivity index (χ0n) is 9.40. The van der Waals surface area contributed by atoms with Crippen molar-refractivity contribution in [2.75, 3.05) is 20.2 Å². The van der Waals surface area contributed by atoms with Crippen LogP contribution in [0.15, 0.2) is 33.4 Å². The Morgan fingerprint density at radius 2 is 2.25 bits per heavy atom. The summed E-state index contributed by atoms with van der Waals surface area (Å²) in [7, 11) is 1.63. The van der Waals surface area contributed by atoms with Crippen molar-refractivity contribution in [2.45, 2.75) is 6.92 Å². The SMILES string of the molecule is COc1c(C)cccc1N=NC1=NCCN1. The van der Waals surface area contributed by atoms with E-state index < -0.39 is 0 Å². The minimum absolute atomic E-state index is 0.587. The summed E-state index contributed by atoms with van der Waals surface area (Å²) >= 11 is 0. The number of ether oxygens (including phenoxy) is 1. The van der Waals surface area contributed by atoms with Crippen LogP contribution in [0.2, 0.25) is 0 Å². The van der Waals surface area contributed by atoms with Crippen LogP contribution in [0.4, 0.5) is 5.69 Å². The molecule has 5 heteroatoms. The first-order valence-electron chi connectivity index (χ1n) is 5.15. The van der Waals surface area contributed by atoms with Gasteiger partial charge in [0, 0.05) is 6.54 Å². The third-order valence-electron chi connectivity index (χ3n) is 2.30. The van der Waals surface area contributed by atoms with Gasteiger partial charge in [0.2, 0.25) is 5.96 Å². The van der Waals surface area contributed by atoms with Crippen molar-refractivity contribution in [3.05, 3.63) is 23.8 Å². The lowest BCUT2D eigenvalue weighted by atomic mass is 10.2. The zero-order valence-corrected chi connectivity index (χ0v) is 9.40. The van der Waals surface area contributed by atoms with Crippen LogP contribution in [0.3, 0.4) is 0 Å². The van der Waals surface area contributed by atoms with Gasteiger partial charge in [-0.25, -0.2) is 4.99 Å². The molecule has 0 spiro atoms. The molecule has 0 fully saturated rings. The van der Waals surface area contributed by atoms with Crippen LogP contribution in [0.5, 0.6) is 5.75 Å². The Hall–Kier alpha value is -1.91. The highest BCUT2D eigenvalue weighted by Crippen LogP contribution is 2.30. The molecule has 0 aromatic heterocycles. The van der Waals surface area contributed by atoms with E-state index in [1.165, 1.54) is 0 Å². The molecule has 0 unspecified atom stereocenters. The molecule has 0 saturated heterocycles. The maximum absolute atomic E-state index is 5.28. The van der Waals surface area contributed by atoms with Crippen molar-refractivity contribution in [3.63, 3.8) is 0 Å². The first-order valence-corrected chi connectivity index (χ1v) is 5.15. The number of nitrogens with one attached hydrogen (secondary N) is 1. The van der Waals surface area contributed by atoms with Crippen LogP contribution in [-0.4, -0.2) is 26.2 Å². The molecular formula is C11H14N4O. The molecule has 1 aromatic carbocycles. The number of nitrogens with zero attached hydrogens (tertiary/aromatic N) is 3. The maximum Gasteiger partial charge on any atom is 0.238 e. The Bertz CT molecular complexity index is 440. The van der Waals surface area contributed by atoms with E-state index in [1.54, 1.807) is 7.11 Å². The summed E-state index contributed by atoms with van der Waals surface area (Å²) in [5, 5.41) is 11.2. The molecule has 0 bridgehead atoms. The molecule has 1 aliphatic heterocycles. The molecule has 0 saturated carbocycles. The number of benzene rings is 1. The highest BCUT2D eigenvalue weighted by atomic mass is 16.5. The van der Waals surface area contributed by atoms with Gasteiger partial charge in [0.05, 0.1) is 13.7 Å². The first-order chi connectivity index (χ1) is 7.81. The summed E-state index contributed by atoms with van der Waals surface area (Å²) in [6.45, 7) is 3.57. The highest BCUT2D eigenvalue weighted by Gasteiger charge is 2.06. The van der Waals surface area contributed by atoms with Gasteiger partial charge in [-0.3, -0.25) is 0 Å². The van der Waals surface area contributed by atoms with Crippen LogP contribution in [0, 0.1) is 6.92 Å². The van der Waals surface area contributed by atoms with Gasteiger partial charge in [-0.2, -0.15) is 0 Å². The molecule has 1 aromatic rings. The summed E-state index contributed by atoms with van der Waals surface area (Å²) in [4.78, 5) is 4.13. The fraction of sp³-hybridized carbons (Fsp3) is 0.364. The van der Waals surface area contributed by atoms with Crippen LogP contribution < -0.4 is 10.1 Å². The average molecular weight is 218 g/mol. The fourth-order valence-electron chi connectivity index (χ4n) is 1.53. The molecule has 2 rings (SSSR count). The third kappa shape index (κ3) is 2.18. The molecule has 1 N–H and O–H groups in total. The second-order valence-electron chi connectivity index (χ2n) is 3.46. The summed E-state index contributed by atoms with van der Waals surface area (Å²) in [5.74, 6) is 1.34. The maximum atomic E-state index is 5.28. The van der Waals surface area contributed by atoms with Crippen LogP contribution >= 0.6 is 0 Å². The van der Waals surface area contributed by atoms with Gasteiger partial charge >= 0.3 is 0 Å².